The standard InChI is InChI=1S/C20H18N4O4S/c1-27-13-5-2-4-12(10-13)17-21-16(28-23-17)11-24-18(25)20(22-19(24)26)8-3-6-15-14(20)7-9-29-15/h2,4-5,7,9-10H,3,6,8,11H2,1H3,(H,22,26)/t20-/m1/s1. The van der Waals surface area contributed by atoms with Crippen LogP contribution < -0.4 is 10.1 Å². The molecule has 1 N–H and O–H groups in total. The first kappa shape index (κ1) is 17.9. The van der Waals surface area contributed by atoms with Gasteiger partial charge in [0.05, 0.1) is 7.11 Å². The van der Waals surface area contributed by atoms with Crippen LogP contribution in [0.3, 0.4) is 0 Å². The molecule has 3 aromatic rings. The van der Waals surface area contributed by atoms with Crippen LogP contribution in [0.4, 0.5) is 4.79 Å². The average Bonchev–Trinajstić information content (AvgIpc) is 3.45. The Bertz CT molecular complexity index is 1110. The number of ether oxygens (including phenoxy) is 1. The van der Waals surface area contributed by atoms with E-state index in [1.807, 2.05) is 29.6 Å². The van der Waals surface area contributed by atoms with Crippen molar-refractivity contribution in [2.24, 2.45) is 0 Å². The van der Waals surface area contributed by atoms with Crippen LogP contribution in [-0.4, -0.2) is 34.1 Å². The molecule has 2 aliphatic rings. The highest BCUT2D eigenvalue weighted by atomic mass is 32.1. The molecule has 1 saturated heterocycles. The largest absolute Gasteiger partial charge is 0.497 e. The SMILES string of the molecule is COc1cccc(-c2noc(CN3C(=O)N[C@@]4(CCCc5sccc54)C3=O)n2)c1. The fourth-order valence-corrected chi connectivity index (χ4v) is 5.02. The maximum atomic E-state index is 13.3. The Kier molecular flexibility index (Phi) is 4.13. The lowest BCUT2D eigenvalue weighted by atomic mass is 9.80. The molecule has 2 aromatic heterocycles. The van der Waals surface area contributed by atoms with Crippen LogP contribution in [0.15, 0.2) is 40.2 Å². The van der Waals surface area contributed by atoms with Gasteiger partial charge in [-0.05, 0) is 42.8 Å². The van der Waals surface area contributed by atoms with Crippen LogP contribution in [0, 0.1) is 0 Å². The minimum Gasteiger partial charge on any atom is -0.497 e. The smallest absolute Gasteiger partial charge is 0.325 e. The Morgan fingerprint density at radius 3 is 3.10 bits per heavy atom. The van der Waals surface area contributed by atoms with Crippen LogP contribution in [0.1, 0.15) is 29.2 Å². The van der Waals surface area contributed by atoms with Gasteiger partial charge in [0.25, 0.3) is 5.91 Å². The zero-order valence-electron chi connectivity index (χ0n) is 15.7. The second-order valence-corrected chi connectivity index (χ2v) is 8.08. The van der Waals surface area contributed by atoms with Gasteiger partial charge >= 0.3 is 6.03 Å². The number of nitrogens with zero attached hydrogens (tertiary/aromatic N) is 3. The Morgan fingerprint density at radius 1 is 1.34 bits per heavy atom. The van der Waals surface area contributed by atoms with Gasteiger partial charge in [0.2, 0.25) is 11.7 Å². The van der Waals surface area contributed by atoms with Crippen LogP contribution in [-0.2, 0) is 23.3 Å². The number of imide groups is 1. The van der Waals surface area contributed by atoms with Crippen molar-refractivity contribution in [3.05, 3.63) is 52.0 Å². The third-order valence-electron chi connectivity index (χ3n) is 5.43. The molecule has 8 nitrogen and oxygen atoms in total. The van der Waals surface area contributed by atoms with Crippen molar-refractivity contribution in [3.8, 4) is 17.1 Å². The van der Waals surface area contributed by atoms with Gasteiger partial charge in [-0.15, -0.1) is 11.3 Å². The number of hydrogen-bond donors (Lipinski definition) is 1. The van der Waals surface area contributed by atoms with Gasteiger partial charge in [-0.1, -0.05) is 17.3 Å². The number of methoxy groups -OCH3 is 1. The summed E-state index contributed by atoms with van der Waals surface area (Å²) < 4.78 is 10.5. The number of carbonyl (C=O) groups excluding carboxylic acids is 2. The van der Waals surface area contributed by atoms with E-state index in [-0.39, 0.29) is 18.3 Å². The maximum Gasteiger partial charge on any atom is 0.325 e. The fraction of sp³-hybridized carbons (Fsp3) is 0.300. The molecule has 29 heavy (non-hydrogen) atoms. The molecular formula is C20H18N4O4S. The third kappa shape index (κ3) is 2.80. The van der Waals surface area contributed by atoms with Crippen molar-refractivity contribution in [2.75, 3.05) is 7.11 Å². The molecule has 3 heterocycles. The van der Waals surface area contributed by atoms with E-state index in [2.05, 4.69) is 15.5 Å². The topological polar surface area (TPSA) is 97.6 Å². The zero-order valence-corrected chi connectivity index (χ0v) is 16.5. The first-order chi connectivity index (χ1) is 14.1. The van der Waals surface area contributed by atoms with E-state index < -0.39 is 11.6 Å². The Labute approximate surface area is 170 Å². The molecule has 0 saturated carbocycles. The molecule has 0 radical (unpaired) electrons. The summed E-state index contributed by atoms with van der Waals surface area (Å²) in [5.74, 6) is 0.986. The third-order valence-corrected chi connectivity index (χ3v) is 6.41. The number of urea groups is 1. The molecule has 1 fully saturated rings. The normalized spacial score (nSPS) is 20.8. The molecular weight excluding hydrogens is 392 g/mol. The molecule has 1 aliphatic heterocycles. The van der Waals surface area contributed by atoms with Crippen molar-refractivity contribution < 1.29 is 18.8 Å². The number of nitrogens with one attached hydrogen (secondary N) is 1. The predicted molar refractivity (Wildman–Crippen MR) is 104 cm³/mol. The van der Waals surface area contributed by atoms with Crippen molar-refractivity contribution in [1.29, 1.82) is 0 Å². The lowest BCUT2D eigenvalue weighted by Gasteiger charge is -2.31. The van der Waals surface area contributed by atoms with E-state index in [9.17, 15) is 9.59 Å². The summed E-state index contributed by atoms with van der Waals surface area (Å²) >= 11 is 1.63. The van der Waals surface area contributed by atoms with E-state index in [4.69, 9.17) is 9.26 Å². The number of benzene rings is 1. The van der Waals surface area contributed by atoms with Gasteiger partial charge in [0.1, 0.15) is 17.8 Å². The summed E-state index contributed by atoms with van der Waals surface area (Å²) in [5.41, 5.74) is 0.667. The molecule has 5 rings (SSSR count). The van der Waals surface area contributed by atoms with E-state index in [0.717, 1.165) is 33.7 Å². The first-order valence-electron chi connectivity index (χ1n) is 9.29. The second kappa shape index (κ2) is 6.70. The Hall–Kier alpha value is -3.20. The second-order valence-electron chi connectivity index (χ2n) is 7.08. The van der Waals surface area contributed by atoms with Crippen molar-refractivity contribution in [1.82, 2.24) is 20.4 Å². The number of aromatic nitrogens is 2. The molecule has 0 unspecified atom stereocenters. The van der Waals surface area contributed by atoms with E-state index >= 15 is 0 Å². The molecule has 1 atom stereocenters. The molecule has 9 heteroatoms. The number of aryl methyl sites for hydroxylation is 1. The highest BCUT2D eigenvalue weighted by molar-refractivity contribution is 7.10. The molecule has 1 aromatic carbocycles. The van der Waals surface area contributed by atoms with Crippen LogP contribution in [0.25, 0.3) is 11.4 Å². The average molecular weight is 410 g/mol. The zero-order chi connectivity index (χ0) is 20.0. The van der Waals surface area contributed by atoms with Gasteiger partial charge in [-0.25, -0.2) is 4.79 Å². The molecule has 148 valence electrons. The molecule has 0 bridgehead atoms. The molecule has 1 aliphatic carbocycles. The Balaban J connectivity index is 1.40. The van der Waals surface area contributed by atoms with Crippen molar-refractivity contribution in [3.63, 3.8) is 0 Å². The Morgan fingerprint density at radius 2 is 2.24 bits per heavy atom. The van der Waals surface area contributed by atoms with Crippen LogP contribution in [0.5, 0.6) is 5.75 Å². The van der Waals surface area contributed by atoms with Gasteiger partial charge in [-0.2, -0.15) is 4.98 Å². The van der Waals surface area contributed by atoms with Gasteiger partial charge in [0, 0.05) is 16.0 Å². The fourth-order valence-electron chi connectivity index (χ4n) is 4.02. The van der Waals surface area contributed by atoms with Crippen LogP contribution in [0.2, 0.25) is 0 Å². The monoisotopic (exact) mass is 410 g/mol. The van der Waals surface area contributed by atoms with Gasteiger partial charge in [-0.3, -0.25) is 9.69 Å². The summed E-state index contributed by atoms with van der Waals surface area (Å²) in [5, 5.41) is 8.87. The minimum absolute atomic E-state index is 0.0666. The number of fused-ring (bicyclic) bond motifs is 2. The predicted octanol–water partition coefficient (Wildman–Crippen LogP) is 3.09. The van der Waals surface area contributed by atoms with Crippen molar-refractivity contribution in [2.45, 2.75) is 31.3 Å². The first-order valence-corrected chi connectivity index (χ1v) is 10.2. The number of thiophene rings is 1. The summed E-state index contributed by atoms with van der Waals surface area (Å²) in [6, 6.07) is 8.77. The minimum atomic E-state index is -0.972. The quantitative estimate of drug-likeness (QED) is 0.664. The van der Waals surface area contributed by atoms with E-state index in [1.165, 1.54) is 0 Å². The summed E-state index contributed by atoms with van der Waals surface area (Å²) in [7, 11) is 1.58. The summed E-state index contributed by atoms with van der Waals surface area (Å²) in [4.78, 5) is 32.6. The van der Waals surface area contributed by atoms with E-state index in [1.54, 1.807) is 24.5 Å². The number of hydrogen-bond acceptors (Lipinski definition) is 7. The summed E-state index contributed by atoms with van der Waals surface area (Å²) in [6.45, 7) is -0.0666. The number of rotatable bonds is 4. The lowest BCUT2D eigenvalue weighted by molar-refractivity contribution is -0.132. The van der Waals surface area contributed by atoms with Gasteiger partial charge < -0.3 is 14.6 Å². The number of amides is 3. The van der Waals surface area contributed by atoms with Crippen molar-refractivity contribution >= 4 is 23.3 Å². The molecule has 1 spiro atoms. The maximum absolute atomic E-state index is 13.3. The molecule has 3 amide bonds. The summed E-state index contributed by atoms with van der Waals surface area (Å²) in [6.07, 6.45) is 2.38. The number of carbonyl (C=O) groups is 2. The van der Waals surface area contributed by atoms with E-state index in [0.29, 0.717) is 18.0 Å². The highest BCUT2D eigenvalue weighted by Gasteiger charge is 2.54. The lowest BCUT2D eigenvalue weighted by Crippen LogP contribution is -2.46. The van der Waals surface area contributed by atoms with Crippen LogP contribution >= 0.6 is 11.3 Å². The highest BCUT2D eigenvalue weighted by Crippen LogP contribution is 2.42. The van der Waals surface area contributed by atoms with Gasteiger partial charge in [0.15, 0.2) is 0 Å².